The summed E-state index contributed by atoms with van der Waals surface area (Å²) in [5.74, 6) is -0.754. The van der Waals surface area contributed by atoms with Crippen LogP contribution in [0.4, 0.5) is 5.69 Å². The molecule has 0 radical (unpaired) electrons. The van der Waals surface area contributed by atoms with Gasteiger partial charge in [-0.15, -0.1) is 0 Å². The highest BCUT2D eigenvalue weighted by molar-refractivity contribution is 7.92. The molecule has 46 heavy (non-hydrogen) atoms. The van der Waals surface area contributed by atoms with Crippen molar-refractivity contribution in [2.24, 2.45) is 0 Å². The van der Waals surface area contributed by atoms with E-state index in [0.29, 0.717) is 5.69 Å². The minimum absolute atomic E-state index is 0.0900. The molecule has 0 aliphatic carbocycles. The number of benzene rings is 4. The summed E-state index contributed by atoms with van der Waals surface area (Å²) in [6.07, 6.45) is 1.000. The molecule has 0 saturated heterocycles. The van der Waals surface area contributed by atoms with Crippen LogP contribution in [0.25, 0.3) is 0 Å². The predicted octanol–water partition coefficient (Wildman–Crippen LogP) is 6.67. The fraction of sp³-hybridized carbons (Fsp3) is 0.316. The average molecular weight is 640 g/mol. The van der Waals surface area contributed by atoms with Crippen LogP contribution in [0.1, 0.15) is 53.6 Å². The molecular formula is C38H45N3O4S. The van der Waals surface area contributed by atoms with E-state index in [1.807, 2.05) is 108 Å². The van der Waals surface area contributed by atoms with E-state index < -0.39 is 28.5 Å². The Balaban J connectivity index is 1.83. The smallest absolute Gasteiger partial charge is 0.264 e. The third kappa shape index (κ3) is 8.63. The second-order valence-electron chi connectivity index (χ2n) is 12.1. The number of carbonyl (C=O) groups is 2. The highest BCUT2D eigenvalue weighted by Gasteiger charge is 2.35. The van der Waals surface area contributed by atoms with Crippen LogP contribution < -0.4 is 9.62 Å². The first-order valence-corrected chi connectivity index (χ1v) is 17.2. The number of carbonyl (C=O) groups excluding carboxylic acids is 2. The monoisotopic (exact) mass is 639 g/mol. The molecule has 0 heterocycles. The van der Waals surface area contributed by atoms with Crippen molar-refractivity contribution >= 4 is 27.5 Å². The van der Waals surface area contributed by atoms with Crippen molar-refractivity contribution in [3.8, 4) is 0 Å². The van der Waals surface area contributed by atoms with Crippen LogP contribution in [0.2, 0.25) is 0 Å². The Morgan fingerprint density at radius 2 is 1.35 bits per heavy atom. The summed E-state index contributed by atoms with van der Waals surface area (Å²) in [4.78, 5) is 30.3. The zero-order valence-corrected chi connectivity index (χ0v) is 28.5. The van der Waals surface area contributed by atoms with Gasteiger partial charge < -0.3 is 10.2 Å². The van der Waals surface area contributed by atoms with Gasteiger partial charge in [-0.25, -0.2) is 8.42 Å². The lowest BCUT2D eigenvalue weighted by Crippen LogP contribution is -2.54. The molecule has 0 spiro atoms. The topological polar surface area (TPSA) is 86.8 Å². The van der Waals surface area contributed by atoms with Crippen molar-refractivity contribution in [1.29, 1.82) is 0 Å². The molecule has 0 bridgehead atoms. The molecular weight excluding hydrogens is 595 g/mol. The van der Waals surface area contributed by atoms with Crippen LogP contribution in [0.3, 0.4) is 0 Å². The lowest BCUT2D eigenvalue weighted by atomic mass is 10.0. The second kappa shape index (κ2) is 15.2. The average Bonchev–Trinajstić information content (AvgIpc) is 3.04. The highest BCUT2D eigenvalue weighted by Crippen LogP contribution is 2.29. The molecule has 2 atom stereocenters. The van der Waals surface area contributed by atoms with E-state index in [1.54, 1.807) is 30.3 Å². The summed E-state index contributed by atoms with van der Waals surface area (Å²) in [5, 5.41) is 3.08. The molecule has 7 nitrogen and oxygen atoms in total. The molecule has 1 N–H and O–H groups in total. The fourth-order valence-corrected chi connectivity index (χ4v) is 6.69. The number of anilines is 1. The first-order chi connectivity index (χ1) is 21.9. The number of nitrogens with zero attached hydrogens (tertiary/aromatic N) is 2. The third-order valence-corrected chi connectivity index (χ3v) is 10.0. The number of hydrogen-bond donors (Lipinski definition) is 1. The summed E-state index contributed by atoms with van der Waals surface area (Å²) in [5.41, 5.74) is 5.74. The van der Waals surface area contributed by atoms with Crippen LogP contribution in [0.5, 0.6) is 0 Å². The Bertz CT molecular complexity index is 1740. The summed E-state index contributed by atoms with van der Waals surface area (Å²) in [6, 6.07) is 28.6. The standard InChI is InChI=1S/C38H45N3O4S/c1-7-31(6)39-38(43)36(24-32-11-9-8-10-12-32)40(25-33-19-14-27(2)15-20-33)37(42)26-41(35-23-29(4)13-18-30(35)5)46(44,45)34-21-16-28(3)17-22-34/h8-23,31,36H,7,24-26H2,1-6H3,(H,39,43). The lowest BCUT2D eigenvalue weighted by Gasteiger charge is -2.34. The minimum atomic E-state index is -4.16. The predicted molar refractivity (Wildman–Crippen MR) is 185 cm³/mol. The first-order valence-electron chi connectivity index (χ1n) is 15.7. The Morgan fingerprint density at radius 1 is 0.761 bits per heavy atom. The van der Waals surface area contributed by atoms with Crippen LogP contribution in [0.15, 0.2) is 102 Å². The molecule has 0 saturated carbocycles. The van der Waals surface area contributed by atoms with Gasteiger partial charge in [0.2, 0.25) is 11.8 Å². The quantitative estimate of drug-likeness (QED) is 0.177. The molecule has 242 valence electrons. The third-order valence-electron chi connectivity index (χ3n) is 8.27. The van der Waals surface area contributed by atoms with E-state index in [0.717, 1.165) is 39.8 Å². The van der Waals surface area contributed by atoms with E-state index >= 15 is 0 Å². The maximum atomic E-state index is 14.7. The van der Waals surface area contributed by atoms with E-state index in [4.69, 9.17) is 0 Å². The molecule has 4 rings (SSSR count). The largest absolute Gasteiger partial charge is 0.352 e. The maximum absolute atomic E-state index is 14.7. The number of hydrogen-bond acceptors (Lipinski definition) is 4. The molecule has 8 heteroatoms. The first kappa shape index (κ1) is 34.4. The highest BCUT2D eigenvalue weighted by atomic mass is 32.2. The Hall–Kier alpha value is -4.43. The summed E-state index contributed by atoms with van der Waals surface area (Å²) in [7, 11) is -4.16. The van der Waals surface area contributed by atoms with Crippen molar-refractivity contribution < 1.29 is 18.0 Å². The van der Waals surface area contributed by atoms with Crippen molar-refractivity contribution in [1.82, 2.24) is 10.2 Å². The zero-order chi connectivity index (χ0) is 33.4. The molecule has 2 unspecified atom stereocenters. The molecule has 4 aromatic carbocycles. The second-order valence-corrected chi connectivity index (χ2v) is 14.0. The molecule has 0 aromatic heterocycles. The summed E-state index contributed by atoms with van der Waals surface area (Å²) < 4.78 is 29.8. The zero-order valence-electron chi connectivity index (χ0n) is 27.7. The molecule has 4 aromatic rings. The lowest BCUT2D eigenvalue weighted by molar-refractivity contribution is -0.140. The van der Waals surface area contributed by atoms with Crippen molar-refractivity contribution in [2.45, 2.75) is 77.9 Å². The maximum Gasteiger partial charge on any atom is 0.264 e. The van der Waals surface area contributed by atoms with Gasteiger partial charge in [-0.3, -0.25) is 13.9 Å². The van der Waals surface area contributed by atoms with Crippen LogP contribution in [-0.2, 0) is 32.6 Å². The van der Waals surface area contributed by atoms with Gasteiger partial charge in [0, 0.05) is 19.0 Å². The van der Waals surface area contributed by atoms with Gasteiger partial charge in [0.1, 0.15) is 12.6 Å². The van der Waals surface area contributed by atoms with Crippen LogP contribution in [-0.4, -0.2) is 43.8 Å². The van der Waals surface area contributed by atoms with Gasteiger partial charge in [-0.1, -0.05) is 96.9 Å². The van der Waals surface area contributed by atoms with E-state index in [9.17, 15) is 18.0 Å². The summed E-state index contributed by atoms with van der Waals surface area (Å²) in [6.45, 7) is 11.2. The normalized spacial score (nSPS) is 12.7. The van der Waals surface area contributed by atoms with Crippen molar-refractivity contribution in [3.63, 3.8) is 0 Å². The van der Waals surface area contributed by atoms with E-state index in [2.05, 4.69) is 5.32 Å². The van der Waals surface area contributed by atoms with Gasteiger partial charge in [0.25, 0.3) is 10.0 Å². The Kier molecular flexibility index (Phi) is 11.4. The number of sulfonamides is 1. The van der Waals surface area contributed by atoms with Crippen LogP contribution >= 0.6 is 0 Å². The van der Waals surface area contributed by atoms with Gasteiger partial charge >= 0.3 is 0 Å². The molecule has 2 amide bonds. The van der Waals surface area contributed by atoms with Gasteiger partial charge in [-0.2, -0.15) is 0 Å². The molecule has 0 aliphatic rings. The van der Waals surface area contributed by atoms with Gasteiger partial charge in [0.05, 0.1) is 10.6 Å². The Morgan fingerprint density at radius 3 is 1.96 bits per heavy atom. The SMILES string of the molecule is CCC(C)NC(=O)C(Cc1ccccc1)N(Cc1ccc(C)cc1)C(=O)CN(c1cc(C)ccc1C)S(=O)(=O)c1ccc(C)cc1. The van der Waals surface area contributed by atoms with E-state index in [1.165, 1.54) is 9.21 Å². The number of rotatable bonds is 13. The number of nitrogens with one attached hydrogen (secondary N) is 1. The van der Waals surface area contributed by atoms with Crippen molar-refractivity contribution in [2.75, 3.05) is 10.8 Å². The number of aryl methyl sites for hydroxylation is 4. The number of amides is 2. The van der Waals surface area contributed by atoms with Crippen LogP contribution in [0, 0.1) is 27.7 Å². The summed E-state index contributed by atoms with van der Waals surface area (Å²) >= 11 is 0. The fourth-order valence-electron chi connectivity index (χ4n) is 5.22. The molecule has 0 fully saturated rings. The van der Waals surface area contributed by atoms with E-state index in [-0.39, 0.29) is 29.8 Å². The molecule has 0 aliphatic heterocycles. The minimum Gasteiger partial charge on any atom is -0.352 e. The van der Waals surface area contributed by atoms with Gasteiger partial charge in [0.15, 0.2) is 0 Å². The Labute approximate surface area is 274 Å². The van der Waals surface area contributed by atoms with Gasteiger partial charge in [-0.05, 0) is 81.5 Å². The van der Waals surface area contributed by atoms with Crippen molar-refractivity contribution in [3.05, 3.63) is 130 Å².